The van der Waals surface area contributed by atoms with Crippen molar-refractivity contribution in [3.63, 3.8) is 0 Å². The monoisotopic (exact) mass is 304 g/mol. The fourth-order valence-corrected chi connectivity index (χ4v) is 2.30. The van der Waals surface area contributed by atoms with Gasteiger partial charge in [0, 0.05) is 12.1 Å². The van der Waals surface area contributed by atoms with Crippen LogP contribution in [0.1, 0.15) is 26.3 Å². The molecule has 2 aromatic rings. The molecule has 0 spiro atoms. The van der Waals surface area contributed by atoms with Crippen LogP contribution < -0.4 is 11.1 Å². The fraction of sp³-hybridized carbons (Fsp3) is 0.375. The first-order valence-electron chi connectivity index (χ1n) is 6.95. The van der Waals surface area contributed by atoms with Gasteiger partial charge in [-0.05, 0) is 17.4 Å². The van der Waals surface area contributed by atoms with Crippen molar-refractivity contribution in [1.29, 1.82) is 0 Å². The number of nitrogens with two attached hydrogens (primary N) is 1. The molecule has 1 aromatic heterocycles. The van der Waals surface area contributed by atoms with Crippen LogP contribution in [0.25, 0.3) is 0 Å². The van der Waals surface area contributed by atoms with Crippen LogP contribution >= 0.6 is 11.6 Å². The highest BCUT2D eigenvalue weighted by molar-refractivity contribution is 6.29. The first-order chi connectivity index (χ1) is 9.84. The Morgan fingerprint density at radius 1 is 1.19 bits per heavy atom. The fourth-order valence-electron chi connectivity index (χ4n) is 2.11. The zero-order chi connectivity index (χ0) is 15.5. The lowest BCUT2D eigenvalue weighted by Gasteiger charge is -2.32. The number of nitrogen functional groups attached to an aromatic ring is 1. The molecule has 0 saturated carbocycles. The quantitative estimate of drug-likeness (QED) is 0.844. The molecule has 0 aliphatic rings. The number of rotatable bonds is 4. The molecule has 1 aromatic carbocycles. The molecule has 0 radical (unpaired) electrons. The summed E-state index contributed by atoms with van der Waals surface area (Å²) in [6.45, 7) is 6.58. The second kappa shape index (κ2) is 6.31. The van der Waals surface area contributed by atoms with Gasteiger partial charge in [0.1, 0.15) is 11.0 Å². The van der Waals surface area contributed by atoms with Gasteiger partial charge in [0.15, 0.2) is 0 Å². The van der Waals surface area contributed by atoms with E-state index < -0.39 is 0 Å². The van der Waals surface area contributed by atoms with Gasteiger partial charge in [-0.1, -0.05) is 62.7 Å². The Balaban J connectivity index is 2.21. The predicted octanol–water partition coefficient (Wildman–Crippen LogP) is 3.78. The summed E-state index contributed by atoms with van der Waals surface area (Å²) >= 11 is 5.94. The molecule has 21 heavy (non-hydrogen) atoms. The zero-order valence-electron chi connectivity index (χ0n) is 12.6. The van der Waals surface area contributed by atoms with Crippen LogP contribution in [0.4, 0.5) is 11.8 Å². The van der Waals surface area contributed by atoms with E-state index in [2.05, 4.69) is 60.3 Å². The van der Waals surface area contributed by atoms with E-state index in [4.69, 9.17) is 17.3 Å². The number of hydrogen-bond acceptors (Lipinski definition) is 4. The summed E-state index contributed by atoms with van der Waals surface area (Å²) in [7, 11) is 0. The van der Waals surface area contributed by atoms with Gasteiger partial charge in [-0.3, -0.25) is 0 Å². The normalized spacial score (nSPS) is 13.0. The smallest absolute Gasteiger partial charge is 0.223 e. The number of halogens is 1. The molecular formula is C16H21ClN4. The molecule has 4 nitrogen and oxygen atoms in total. The molecule has 2 rings (SSSR count). The standard InChI is InChI=1S/C16H21ClN4/c1-16(2,3)12(9-11-7-5-4-6-8-11)19-14-10-13(17)20-15(18)21-14/h4-8,10,12H,9H2,1-3H3,(H3,18,19,20,21)/t12-/m1/s1. The van der Waals surface area contributed by atoms with Crippen LogP contribution in [-0.4, -0.2) is 16.0 Å². The minimum Gasteiger partial charge on any atom is -0.368 e. The lowest BCUT2D eigenvalue weighted by atomic mass is 9.83. The van der Waals surface area contributed by atoms with Crippen LogP contribution in [0, 0.1) is 5.41 Å². The Hall–Kier alpha value is -1.81. The van der Waals surface area contributed by atoms with Gasteiger partial charge < -0.3 is 11.1 Å². The summed E-state index contributed by atoms with van der Waals surface area (Å²) in [5.41, 5.74) is 6.98. The summed E-state index contributed by atoms with van der Waals surface area (Å²) in [6, 6.07) is 12.3. The molecule has 0 unspecified atom stereocenters. The molecule has 5 heteroatoms. The third-order valence-corrected chi connectivity index (χ3v) is 3.56. The largest absolute Gasteiger partial charge is 0.368 e. The van der Waals surface area contributed by atoms with Crippen molar-refractivity contribution in [3.05, 3.63) is 47.1 Å². The summed E-state index contributed by atoms with van der Waals surface area (Å²) < 4.78 is 0. The SMILES string of the molecule is CC(C)(C)[C@@H](Cc1ccccc1)Nc1cc(Cl)nc(N)n1. The van der Waals surface area contributed by atoms with E-state index in [0.717, 1.165) is 6.42 Å². The minimum atomic E-state index is 0.0576. The maximum Gasteiger partial charge on any atom is 0.223 e. The van der Waals surface area contributed by atoms with Crippen molar-refractivity contribution >= 4 is 23.4 Å². The average Bonchev–Trinajstić information content (AvgIpc) is 2.37. The van der Waals surface area contributed by atoms with Crippen molar-refractivity contribution in [3.8, 4) is 0 Å². The molecule has 0 fully saturated rings. The number of benzene rings is 1. The summed E-state index contributed by atoms with van der Waals surface area (Å²) in [4.78, 5) is 8.08. The molecule has 0 aliphatic heterocycles. The minimum absolute atomic E-state index is 0.0576. The first-order valence-corrected chi connectivity index (χ1v) is 7.33. The van der Waals surface area contributed by atoms with E-state index in [9.17, 15) is 0 Å². The van der Waals surface area contributed by atoms with E-state index in [0.29, 0.717) is 11.0 Å². The van der Waals surface area contributed by atoms with E-state index in [-0.39, 0.29) is 17.4 Å². The first kappa shape index (κ1) is 15.6. The Morgan fingerprint density at radius 3 is 2.43 bits per heavy atom. The highest BCUT2D eigenvalue weighted by atomic mass is 35.5. The topological polar surface area (TPSA) is 63.8 Å². The summed E-state index contributed by atoms with van der Waals surface area (Å²) in [5, 5.41) is 3.78. The third-order valence-electron chi connectivity index (χ3n) is 3.36. The Morgan fingerprint density at radius 2 is 1.86 bits per heavy atom. The predicted molar refractivity (Wildman–Crippen MR) is 88.5 cm³/mol. The molecule has 0 aliphatic carbocycles. The van der Waals surface area contributed by atoms with Crippen LogP contribution in [-0.2, 0) is 6.42 Å². The number of aromatic nitrogens is 2. The van der Waals surface area contributed by atoms with Crippen molar-refractivity contribution in [1.82, 2.24) is 9.97 Å². The Kier molecular flexibility index (Phi) is 4.68. The van der Waals surface area contributed by atoms with Crippen LogP contribution in [0.5, 0.6) is 0 Å². The molecule has 1 atom stereocenters. The van der Waals surface area contributed by atoms with Gasteiger partial charge >= 0.3 is 0 Å². The second-order valence-corrected chi connectivity index (χ2v) is 6.57. The van der Waals surface area contributed by atoms with Crippen molar-refractivity contribution in [2.75, 3.05) is 11.1 Å². The molecule has 0 bridgehead atoms. The van der Waals surface area contributed by atoms with Gasteiger partial charge in [0.2, 0.25) is 5.95 Å². The second-order valence-electron chi connectivity index (χ2n) is 6.19. The van der Waals surface area contributed by atoms with Crippen molar-refractivity contribution < 1.29 is 0 Å². The number of nitrogens with zero attached hydrogens (tertiary/aromatic N) is 2. The molecule has 0 amide bonds. The zero-order valence-corrected chi connectivity index (χ0v) is 13.4. The van der Waals surface area contributed by atoms with Crippen LogP contribution in [0.3, 0.4) is 0 Å². The lowest BCUT2D eigenvalue weighted by Crippen LogP contribution is -2.36. The van der Waals surface area contributed by atoms with E-state index in [1.807, 2.05) is 6.07 Å². The van der Waals surface area contributed by atoms with Crippen LogP contribution in [0.2, 0.25) is 5.15 Å². The number of anilines is 2. The van der Waals surface area contributed by atoms with Gasteiger partial charge in [0.25, 0.3) is 0 Å². The average molecular weight is 305 g/mol. The third kappa shape index (κ3) is 4.60. The van der Waals surface area contributed by atoms with E-state index >= 15 is 0 Å². The summed E-state index contributed by atoms with van der Waals surface area (Å²) in [5.74, 6) is 0.834. The van der Waals surface area contributed by atoms with E-state index in [1.54, 1.807) is 6.07 Å². The molecular weight excluding hydrogens is 284 g/mol. The highest BCUT2D eigenvalue weighted by Gasteiger charge is 2.25. The van der Waals surface area contributed by atoms with Gasteiger partial charge in [-0.15, -0.1) is 0 Å². The maximum absolute atomic E-state index is 5.94. The van der Waals surface area contributed by atoms with Crippen LogP contribution in [0.15, 0.2) is 36.4 Å². The van der Waals surface area contributed by atoms with Gasteiger partial charge in [-0.2, -0.15) is 4.98 Å². The maximum atomic E-state index is 5.94. The molecule has 112 valence electrons. The summed E-state index contributed by atoms with van der Waals surface area (Å²) in [6.07, 6.45) is 0.895. The Labute approximate surface area is 130 Å². The van der Waals surface area contributed by atoms with Gasteiger partial charge in [-0.25, -0.2) is 4.98 Å². The van der Waals surface area contributed by atoms with Gasteiger partial charge in [0.05, 0.1) is 0 Å². The molecule has 3 N–H and O–H groups in total. The van der Waals surface area contributed by atoms with Crippen molar-refractivity contribution in [2.45, 2.75) is 33.2 Å². The van der Waals surface area contributed by atoms with E-state index in [1.165, 1.54) is 5.56 Å². The number of nitrogens with one attached hydrogen (secondary N) is 1. The number of hydrogen-bond donors (Lipinski definition) is 2. The lowest BCUT2D eigenvalue weighted by molar-refractivity contribution is 0.338. The van der Waals surface area contributed by atoms with Crippen molar-refractivity contribution in [2.24, 2.45) is 5.41 Å². The highest BCUT2D eigenvalue weighted by Crippen LogP contribution is 2.26. The molecule has 1 heterocycles. The molecule has 0 saturated heterocycles. The Bertz CT molecular complexity index is 573.